The molecule has 0 saturated carbocycles. The van der Waals surface area contributed by atoms with Gasteiger partial charge in [-0.3, -0.25) is 0 Å². The highest BCUT2D eigenvalue weighted by Crippen LogP contribution is 2.55. The zero-order valence-corrected chi connectivity index (χ0v) is 21.3. The maximum absolute atomic E-state index is 6.95. The van der Waals surface area contributed by atoms with Crippen molar-refractivity contribution in [2.75, 3.05) is 11.4 Å². The van der Waals surface area contributed by atoms with E-state index in [9.17, 15) is 0 Å². The average Bonchev–Trinajstić information content (AvgIpc) is 3.33. The van der Waals surface area contributed by atoms with Crippen LogP contribution in [0.4, 0.5) is 5.69 Å². The molecule has 180 valence electrons. The van der Waals surface area contributed by atoms with Crippen molar-refractivity contribution in [3.8, 4) is 0 Å². The molecule has 3 unspecified atom stereocenters. The third-order valence-electron chi connectivity index (χ3n) is 9.06. The molecule has 3 atom stereocenters. The summed E-state index contributed by atoms with van der Waals surface area (Å²) in [5.41, 5.74) is 9.88. The molecule has 0 saturated heterocycles. The summed E-state index contributed by atoms with van der Waals surface area (Å²) in [7, 11) is 2.22. The Hall–Kier alpha value is -2.85. The van der Waals surface area contributed by atoms with Crippen molar-refractivity contribution in [3.05, 3.63) is 77.3 Å². The molecule has 4 aliphatic heterocycles. The van der Waals surface area contributed by atoms with Crippen LogP contribution < -0.4 is 9.47 Å². The molecule has 0 N–H and O–H groups in total. The Morgan fingerprint density at radius 2 is 1.80 bits per heavy atom. The topological polar surface area (TPSA) is 21.3 Å². The molecule has 3 aromatic rings. The third kappa shape index (κ3) is 2.92. The molecule has 35 heavy (non-hydrogen) atoms. The maximum atomic E-state index is 6.95. The minimum atomic E-state index is 0.0383. The highest BCUT2D eigenvalue weighted by atomic mass is 16.5. The largest absolute Gasteiger partial charge is 0.365 e. The second kappa shape index (κ2) is 7.83. The van der Waals surface area contributed by atoms with Crippen LogP contribution in [-0.2, 0) is 23.7 Å². The Kier molecular flexibility index (Phi) is 4.79. The van der Waals surface area contributed by atoms with E-state index in [1.807, 2.05) is 0 Å². The molecule has 0 fully saturated rings. The third-order valence-corrected chi connectivity index (χ3v) is 9.06. The van der Waals surface area contributed by atoms with Gasteiger partial charge in [0.25, 0.3) is 5.82 Å². The fraction of sp³-hybridized carbons (Fsp3) is 0.452. The van der Waals surface area contributed by atoms with E-state index in [0.717, 1.165) is 25.9 Å². The molecular formula is C31H36N3O+. The number of ether oxygens (including phenoxy) is 1. The summed E-state index contributed by atoms with van der Waals surface area (Å²) >= 11 is 0. The zero-order chi connectivity index (χ0) is 23.7. The van der Waals surface area contributed by atoms with Gasteiger partial charge in [0.15, 0.2) is 11.0 Å². The van der Waals surface area contributed by atoms with Crippen molar-refractivity contribution < 1.29 is 9.30 Å². The Bertz CT molecular complexity index is 1400. The summed E-state index contributed by atoms with van der Waals surface area (Å²) in [6.07, 6.45) is 10.1. The Labute approximate surface area is 208 Å². The maximum Gasteiger partial charge on any atom is 0.288 e. The zero-order valence-electron chi connectivity index (χ0n) is 21.3. The smallest absolute Gasteiger partial charge is 0.288 e. The number of allylic oxidation sites excluding steroid dienone is 1. The quantitative estimate of drug-likeness (QED) is 0.345. The number of benzene rings is 2. The number of unbranched alkanes of at least 4 members (excludes halogenated alkanes) is 2. The molecule has 0 amide bonds. The number of anilines is 1. The van der Waals surface area contributed by atoms with Crippen LogP contribution in [0.2, 0.25) is 0 Å². The minimum absolute atomic E-state index is 0.0383. The standard InChI is InChI=1S/C31H36N3O/c1-4-5-10-17-31(2)23-11-6-7-12-24(23)33-18-15-27-21(29(31)33)20-22-28(35-27)16-19-34-26-14-9-8-13-25(26)32(3)30(22)34/h6-9,11-14,20,27-28H,4-5,10,15-19H2,1-3H3/q+1. The van der Waals surface area contributed by atoms with Gasteiger partial charge < -0.3 is 9.64 Å². The van der Waals surface area contributed by atoms with Gasteiger partial charge in [-0.2, -0.15) is 0 Å². The first-order valence-electron chi connectivity index (χ1n) is 13.6. The van der Waals surface area contributed by atoms with Gasteiger partial charge in [-0.25, -0.2) is 9.13 Å². The van der Waals surface area contributed by atoms with Crippen molar-refractivity contribution in [3.63, 3.8) is 0 Å². The Morgan fingerprint density at radius 1 is 1.00 bits per heavy atom. The number of hydrogen-bond donors (Lipinski definition) is 0. The lowest BCUT2D eigenvalue weighted by Gasteiger charge is -2.42. The van der Waals surface area contributed by atoms with Crippen molar-refractivity contribution in [2.24, 2.45) is 7.05 Å². The Balaban J connectivity index is 1.44. The molecule has 4 aliphatic rings. The van der Waals surface area contributed by atoms with Crippen LogP contribution in [0.1, 0.15) is 63.8 Å². The van der Waals surface area contributed by atoms with Crippen LogP contribution in [-0.4, -0.2) is 23.3 Å². The van der Waals surface area contributed by atoms with Crippen LogP contribution in [0.3, 0.4) is 0 Å². The normalized spacial score (nSPS) is 26.7. The van der Waals surface area contributed by atoms with Crippen LogP contribution in [0.5, 0.6) is 0 Å². The van der Waals surface area contributed by atoms with Crippen molar-refractivity contribution >= 4 is 22.3 Å². The van der Waals surface area contributed by atoms with Crippen LogP contribution in [0, 0.1) is 0 Å². The monoisotopic (exact) mass is 466 g/mol. The minimum Gasteiger partial charge on any atom is -0.365 e. The Morgan fingerprint density at radius 3 is 2.69 bits per heavy atom. The van der Waals surface area contributed by atoms with Gasteiger partial charge in [0, 0.05) is 35.3 Å². The molecular weight excluding hydrogens is 430 g/mol. The number of fused-ring (bicyclic) bond motifs is 9. The average molecular weight is 467 g/mol. The summed E-state index contributed by atoms with van der Waals surface area (Å²) in [5, 5.41) is 0. The summed E-state index contributed by atoms with van der Waals surface area (Å²) < 4.78 is 11.8. The first-order chi connectivity index (χ1) is 17.1. The van der Waals surface area contributed by atoms with Crippen LogP contribution >= 0.6 is 0 Å². The second-order valence-electron chi connectivity index (χ2n) is 11.1. The molecule has 0 bridgehead atoms. The van der Waals surface area contributed by atoms with Crippen molar-refractivity contribution in [2.45, 2.75) is 76.5 Å². The van der Waals surface area contributed by atoms with Gasteiger partial charge in [0.1, 0.15) is 0 Å². The summed E-state index contributed by atoms with van der Waals surface area (Å²) in [6, 6.07) is 17.9. The van der Waals surface area contributed by atoms with Crippen LogP contribution in [0.15, 0.2) is 65.9 Å². The first kappa shape index (κ1) is 21.4. The predicted molar refractivity (Wildman–Crippen MR) is 141 cm³/mol. The lowest BCUT2D eigenvalue weighted by Crippen LogP contribution is -2.45. The van der Waals surface area contributed by atoms with Gasteiger partial charge in [-0.1, -0.05) is 56.5 Å². The van der Waals surface area contributed by atoms with Gasteiger partial charge in [-0.05, 0) is 49.6 Å². The van der Waals surface area contributed by atoms with Gasteiger partial charge in [-0.15, -0.1) is 0 Å². The summed E-state index contributed by atoms with van der Waals surface area (Å²) in [6.45, 7) is 6.86. The van der Waals surface area contributed by atoms with E-state index in [4.69, 9.17) is 4.74 Å². The molecule has 0 spiro atoms. The van der Waals surface area contributed by atoms with Crippen LogP contribution in [0.25, 0.3) is 16.6 Å². The lowest BCUT2D eigenvalue weighted by atomic mass is 9.74. The van der Waals surface area contributed by atoms with E-state index < -0.39 is 0 Å². The SMILES string of the molecule is CCCCCC1(C)C2=C3C=C4c5n(c6ccccc6[n+]5C)CCC4OC3CCN2c2ccccc21. The molecule has 4 nitrogen and oxygen atoms in total. The number of hydrogen-bond acceptors (Lipinski definition) is 2. The van der Waals surface area contributed by atoms with E-state index >= 15 is 0 Å². The van der Waals surface area contributed by atoms with E-state index in [1.54, 1.807) is 0 Å². The molecule has 1 aromatic heterocycles. The number of nitrogens with zero attached hydrogens (tertiary/aromatic N) is 3. The predicted octanol–water partition coefficient (Wildman–Crippen LogP) is 6.04. The fourth-order valence-corrected chi connectivity index (χ4v) is 7.44. The first-order valence-corrected chi connectivity index (χ1v) is 13.6. The van der Waals surface area contributed by atoms with Crippen molar-refractivity contribution in [1.29, 1.82) is 0 Å². The molecule has 5 heterocycles. The van der Waals surface area contributed by atoms with E-state index in [1.165, 1.54) is 70.6 Å². The highest BCUT2D eigenvalue weighted by Gasteiger charge is 2.50. The second-order valence-corrected chi connectivity index (χ2v) is 11.1. The number of aryl methyl sites for hydroxylation is 2. The molecule has 0 radical (unpaired) electrons. The van der Waals surface area contributed by atoms with Gasteiger partial charge in [0.05, 0.1) is 31.4 Å². The number of rotatable bonds is 4. The van der Waals surface area contributed by atoms with Gasteiger partial charge >= 0.3 is 0 Å². The molecule has 4 heteroatoms. The van der Waals surface area contributed by atoms with E-state index in [0.29, 0.717) is 0 Å². The molecule has 7 rings (SSSR count). The van der Waals surface area contributed by atoms with Gasteiger partial charge in [0.2, 0.25) is 0 Å². The highest BCUT2D eigenvalue weighted by molar-refractivity contribution is 5.80. The number of aromatic nitrogens is 2. The summed E-state index contributed by atoms with van der Waals surface area (Å²) in [5.74, 6) is 1.31. The lowest BCUT2D eigenvalue weighted by molar-refractivity contribution is -0.648. The van der Waals surface area contributed by atoms with E-state index in [2.05, 4.69) is 89.5 Å². The molecule has 0 aliphatic carbocycles. The molecule has 2 aromatic carbocycles. The van der Waals surface area contributed by atoms with Crippen molar-refractivity contribution in [1.82, 2.24) is 4.57 Å². The number of imidazole rings is 1. The fourth-order valence-electron chi connectivity index (χ4n) is 7.44. The number of para-hydroxylation sites is 3. The van der Waals surface area contributed by atoms with E-state index in [-0.39, 0.29) is 17.6 Å². The summed E-state index contributed by atoms with van der Waals surface area (Å²) in [4.78, 5) is 2.63.